The first kappa shape index (κ1) is 13.6. The summed E-state index contributed by atoms with van der Waals surface area (Å²) in [4.78, 5) is 31.1. The van der Waals surface area contributed by atoms with Crippen molar-refractivity contribution in [1.29, 1.82) is 0 Å². The van der Waals surface area contributed by atoms with Gasteiger partial charge >= 0.3 is 11.9 Å². The van der Waals surface area contributed by atoms with Crippen LogP contribution in [0.4, 0.5) is 0 Å². The van der Waals surface area contributed by atoms with E-state index in [1.807, 2.05) is 0 Å². The summed E-state index contributed by atoms with van der Waals surface area (Å²) in [6.45, 7) is 4.36. The molecule has 0 saturated heterocycles. The maximum Gasteiger partial charge on any atom is 0.321 e. The second-order valence-electron chi connectivity index (χ2n) is 3.58. The first-order valence-electron chi connectivity index (χ1n) is 4.89. The van der Waals surface area contributed by atoms with E-state index in [2.05, 4.69) is 13.8 Å². The average molecular weight is 216 g/mol. The molecule has 0 aromatic rings. The quantitative estimate of drug-likeness (QED) is 0.694. The number of Topliss-reactive ketones (excluding diaryl/α,β-unsaturated/α-hetero) is 1. The van der Waals surface area contributed by atoms with E-state index in [4.69, 9.17) is 10.2 Å². The highest BCUT2D eigenvalue weighted by Crippen LogP contribution is 2.38. The number of ketones is 1. The van der Waals surface area contributed by atoms with E-state index in [1.165, 1.54) is 12.8 Å². The SMILES string of the molecule is CCCC.O=C1CC(C(=O)O)(C(=O)O)C1. The zero-order chi connectivity index (χ0) is 12.1. The second-order valence-corrected chi connectivity index (χ2v) is 3.58. The lowest BCUT2D eigenvalue weighted by atomic mass is 9.68. The molecule has 0 amide bonds. The molecule has 0 bridgehead atoms. The Morgan fingerprint density at radius 2 is 1.47 bits per heavy atom. The van der Waals surface area contributed by atoms with Crippen molar-refractivity contribution >= 4 is 17.7 Å². The predicted octanol–water partition coefficient (Wildman–Crippen LogP) is 1.31. The number of hydrogen-bond acceptors (Lipinski definition) is 3. The summed E-state index contributed by atoms with van der Waals surface area (Å²) >= 11 is 0. The van der Waals surface area contributed by atoms with Gasteiger partial charge in [0.2, 0.25) is 0 Å². The van der Waals surface area contributed by atoms with Crippen LogP contribution >= 0.6 is 0 Å². The second kappa shape index (κ2) is 5.48. The lowest BCUT2D eigenvalue weighted by Gasteiger charge is -2.31. The van der Waals surface area contributed by atoms with E-state index in [0.29, 0.717) is 0 Å². The Hall–Kier alpha value is -1.39. The van der Waals surface area contributed by atoms with Gasteiger partial charge < -0.3 is 10.2 Å². The van der Waals surface area contributed by atoms with Crippen molar-refractivity contribution in [2.45, 2.75) is 39.5 Å². The van der Waals surface area contributed by atoms with Crippen LogP contribution in [0.5, 0.6) is 0 Å². The van der Waals surface area contributed by atoms with Gasteiger partial charge in [0.25, 0.3) is 0 Å². The summed E-state index contributed by atoms with van der Waals surface area (Å²) in [6, 6.07) is 0. The molecule has 0 heterocycles. The van der Waals surface area contributed by atoms with Gasteiger partial charge in [-0.05, 0) is 0 Å². The summed E-state index contributed by atoms with van der Waals surface area (Å²) in [5.74, 6) is -3.16. The standard InChI is InChI=1S/C6H6O5.C4H10/c7-3-1-6(2-3,4(8)9)5(10)11;1-3-4-2/h1-2H2,(H,8,9)(H,10,11);3-4H2,1-2H3. The van der Waals surface area contributed by atoms with Gasteiger partial charge in [0.05, 0.1) is 0 Å². The maximum atomic E-state index is 10.4. The highest BCUT2D eigenvalue weighted by Gasteiger charge is 2.56. The normalized spacial score (nSPS) is 17.1. The molecule has 5 heteroatoms. The van der Waals surface area contributed by atoms with Gasteiger partial charge in [-0.1, -0.05) is 26.7 Å². The van der Waals surface area contributed by atoms with Crippen molar-refractivity contribution in [3.8, 4) is 0 Å². The van der Waals surface area contributed by atoms with Crippen LogP contribution in [0, 0.1) is 5.41 Å². The molecular weight excluding hydrogens is 200 g/mol. The highest BCUT2D eigenvalue weighted by atomic mass is 16.4. The van der Waals surface area contributed by atoms with Gasteiger partial charge in [0, 0.05) is 12.8 Å². The Kier molecular flexibility index (Phi) is 4.97. The molecular formula is C10H16O5. The zero-order valence-corrected chi connectivity index (χ0v) is 8.95. The fourth-order valence-corrected chi connectivity index (χ4v) is 1.02. The van der Waals surface area contributed by atoms with Crippen LogP contribution in [-0.2, 0) is 14.4 Å². The number of carboxylic acid groups (broad SMARTS) is 2. The minimum absolute atomic E-state index is 0.310. The molecule has 2 N–H and O–H groups in total. The molecule has 1 rings (SSSR count). The third-order valence-electron chi connectivity index (χ3n) is 2.32. The number of carboxylic acids is 2. The Morgan fingerprint density at radius 1 is 1.13 bits per heavy atom. The molecule has 0 aliphatic heterocycles. The average Bonchev–Trinajstić information content (AvgIpc) is 2.12. The zero-order valence-electron chi connectivity index (χ0n) is 8.95. The van der Waals surface area contributed by atoms with Crippen molar-refractivity contribution in [2.24, 2.45) is 5.41 Å². The number of hydrogen-bond donors (Lipinski definition) is 2. The number of carbonyl (C=O) groups excluding carboxylic acids is 1. The molecule has 0 aromatic carbocycles. The van der Waals surface area contributed by atoms with Crippen LogP contribution in [0.1, 0.15) is 39.5 Å². The van der Waals surface area contributed by atoms with Crippen LogP contribution in [-0.4, -0.2) is 27.9 Å². The van der Waals surface area contributed by atoms with Crippen molar-refractivity contribution in [3.63, 3.8) is 0 Å². The first-order chi connectivity index (χ1) is 6.90. The van der Waals surface area contributed by atoms with Gasteiger partial charge in [-0.15, -0.1) is 0 Å². The minimum Gasteiger partial charge on any atom is -0.480 e. The molecule has 1 fully saturated rings. The van der Waals surface area contributed by atoms with Crippen molar-refractivity contribution in [3.05, 3.63) is 0 Å². The molecule has 0 aromatic heterocycles. The van der Waals surface area contributed by atoms with Gasteiger partial charge in [-0.3, -0.25) is 14.4 Å². The third-order valence-corrected chi connectivity index (χ3v) is 2.32. The number of unbranched alkanes of at least 4 members (excludes halogenated alkanes) is 1. The molecule has 0 atom stereocenters. The summed E-state index contributed by atoms with van der Waals surface area (Å²) in [5, 5.41) is 16.9. The maximum absolute atomic E-state index is 10.4. The molecule has 1 aliphatic rings. The van der Waals surface area contributed by atoms with E-state index in [9.17, 15) is 14.4 Å². The smallest absolute Gasteiger partial charge is 0.321 e. The Labute approximate surface area is 88.1 Å². The summed E-state index contributed by atoms with van der Waals surface area (Å²) in [7, 11) is 0. The number of rotatable bonds is 3. The van der Waals surface area contributed by atoms with Crippen LogP contribution in [0.15, 0.2) is 0 Å². The van der Waals surface area contributed by atoms with Crippen LogP contribution in [0.3, 0.4) is 0 Å². The molecule has 5 nitrogen and oxygen atoms in total. The molecule has 0 radical (unpaired) electrons. The molecule has 1 saturated carbocycles. The van der Waals surface area contributed by atoms with E-state index < -0.39 is 17.4 Å². The largest absolute Gasteiger partial charge is 0.480 e. The van der Waals surface area contributed by atoms with E-state index in [0.717, 1.165) is 0 Å². The van der Waals surface area contributed by atoms with Crippen molar-refractivity contribution in [1.82, 2.24) is 0 Å². The monoisotopic (exact) mass is 216 g/mol. The van der Waals surface area contributed by atoms with Crippen molar-refractivity contribution in [2.75, 3.05) is 0 Å². The topological polar surface area (TPSA) is 91.7 Å². The van der Waals surface area contributed by atoms with Gasteiger partial charge in [0.15, 0.2) is 5.41 Å². The van der Waals surface area contributed by atoms with Gasteiger partial charge in [-0.25, -0.2) is 0 Å². The Bertz CT molecular complexity index is 243. The first-order valence-corrected chi connectivity index (χ1v) is 4.89. The lowest BCUT2D eigenvalue weighted by molar-refractivity contribution is -0.175. The molecule has 0 spiro atoms. The molecule has 15 heavy (non-hydrogen) atoms. The fraction of sp³-hybridized carbons (Fsp3) is 0.700. The van der Waals surface area contributed by atoms with E-state index in [1.54, 1.807) is 0 Å². The Morgan fingerprint density at radius 3 is 1.53 bits per heavy atom. The van der Waals surface area contributed by atoms with Crippen LogP contribution < -0.4 is 0 Å². The fourth-order valence-electron chi connectivity index (χ4n) is 1.02. The minimum atomic E-state index is -1.82. The number of aliphatic carboxylic acids is 2. The van der Waals surface area contributed by atoms with E-state index >= 15 is 0 Å². The lowest BCUT2D eigenvalue weighted by Crippen LogP contribution is -2.50. The van der Waals surface area contributed by atoms with Crippen LogP contribution in [0.2, 0.25) is 0 Å². The summed E-state index contributed by atoms with van der Waals surface area (Å²) in [6.07, 6.45) is 1.88. The Balaban J connectivity index is 0.000000423. The van der Waals surface area contributed by atoms with Gasteiger partial charge in [-0.2, -0.15) is 0 Å². The summed E-state index contributed by atoms with van der Waals surface area (Å²) in [5.41, 5.74) is -1.82. The number of carbonyl (C=O) groups is 3. The third kappa shape index (κ3) is 3.04. The highest BCUT2D eigenvalue weighted by molar-refractivity contribution is 6.10. The molecule has 1 aliphatic carbocycles. The molecule has 0 unspecified atom stereocenters. The van der Waals surface area contributed by atoms with E-state index in [-0.39, 0.29) is 18.6 Å². The van der Waals surface area contributed by atoms with Crippen LogP contribution in [0.25, 0.3) is 0 Å². The predicted molar refractivity (Wildman–Crippen MR) is 52.5 cm³/mol. The van der Waals surface area contributed by atoms with Crippen molar-refractivity contribution < 1.29 is 24.6 Å². The summed E-state index contributed by atoms with van der Waals surface area (Å²) < 4.78 is 0. The molecule has 86 valence electrons. The van der Waals surface area contributed by atoms with Gasteiger partial charge in [0.1, 0.15) is 5.78 Å².